The summed E-state index contributed by atoms with van der Waals surface area (Å²) < 4.78 is 0. The number of nitrogens with zero attached hydrogens (tertiary/aromatic N) is 6. The Balaban J connectivity index is 1.16. The zero-order chi connectivity index (χ0) is 25.5. The van der Waals surface area contributed by atoms with Gasteiger partial charge >= 0.3 is 6.03 Å². The van der Waals surface area contributed by atoms with Crippen LogP contribution in [0.25, 0.3) is 0 Å². The van der Waals surface area contributed by atoms with E-state index in [1.807, 2.05) is 4.90 Å². The molecule has 0 saturated carbocycles. The van der Waals surface area contributed by atoms with E-state index in [2.05, 4.69) is 62.3 Å². The summed E-state index contributed by atoms with van der Waals surface area (Å²) in [6.45, 7) is 7.99. The van der Waals surface area contributed by atoms with Crippen LogP contribution in [0.3, 0.4) is 0 Å². The summed E-state index contributed by atoms with van der Waals surface area (Å²) in [6, 6.07) is 10.7. The molecule has 0 spiro atoms. The zero-order valence-electron chi connectivity index (χ0n) is 21.8. The number of piperazine rings is 1. The molecule has 2 aliphatic rings. The third-order valence-electron chi connectivity index (χ3n) is 7.25. The summed E-state index contributed by atoms with van der Waals surface area (Å²) in [4.78, 5) is 41.7. The maximum absolute atomic E-state index is 12.8. The van der Waals surface area contributed by atoms with Gasteiger partial charge in [-0.25, -0.2) is 14.8 Å². The van der Waals surface area contributed by atoms with Gasteiger partial charge in [-0.15, -0.1) is 0 Å². The van der Waals surface area contributed by atoms with Gasteiger partial charge in [0.2, 0.25) is 5.95 Å². The molecule has 1 aromatic carbocycles. The van der Waals surface area contributed by atoms with E-state index < -0.39 is 0 Å². The molecular formula is C27H39N7O2. The van der Waals surface area contributed by atoms with Crippen LogP contribution in [0.4, 0.5) is 10.7 Å². The van der Waals surface area contributed by atoms with Gasteiger partial charge in [-0.2, -0.15) is 0 Å². The molecule has 2 aromatic rings. The van der Waals surface area contributed by atoms with Crippen molar-refractivity contribution < 1.29 is 9.59 Å². The average molecular weight is 494 g/mol. The lowest BCUT2D eigenvalue weighted by atomic mass is 9.93. The van der Waals surface area contributed by atoms with Crippen molar-refractivity contribution >= 4 is 17.9 Å². The quantitative estimate of drug-likeness (QED) is 0.639. The Bertz CT molecular complexity index is 991. The molecule has 2 fully saturated rings. The average Bonchev–Trinajstić information content (AvgIpc) is 2.89. The highest BCUT2D eigenvalue weighted by atomic mass is 16.2. The Morgan fingerprint density at radius 1 is 1.03 bits per heavy atom. The molecular weight excluding hydrogens is 454 g/mol. The van der Waals surface area contributed by atoms with Gasteiger partial charge in [-0.05, 0) is 50.8 Å². The van der Waals surface area contributed by atoms with Gasteiger partial charge in [0.05, 0.1) is 5.56 Å². The number of nitrogens with one attached hydrogen (secondary N) is 1. The number of hydrogen-bond acceptors (Lipinski definition) is 6. The minimum Gasteiger partial charge on any atom is -0.345 e. The van der Waals surface area contributed by atoms with Gasteiger partial charge in [-0.1, -0.05) is 30.3 Å². The fraction of sp³-hybridized carbons (Fsp3) is 0.556. The van der Waals surface area contributed by atoms with Gasteiger partial charge in [0.1, 0.15) is 0 Å². The van der Waals surface area contributed by atoms with Crippen LogP contribution in [-0.2, 0) is 6.54 Å². The number of urea groups is 1. The fourth-order valence-corrected chi connectivity index (χ4v) is 5.05. The van der Waals surface area contributed by atoms with Gasteiger partial charge in [0.15, 0.2) is 0 Å². The molecule has 1 aromatic heterocycles. The van der Waals surface area contributed by atoms with Crippen molar-refractivity contribution in [3.05, 3.63) is 53.9 Å². The van der Waals surface area contributed by atoms with E-state index in [1.54, 1.807) is 26.5 Å². The van der Waals surface area contributed by atoms with Crippen LogP contribution in [-0.4, -0.2) is 96.0 Å². The Hall–Kier alpha value is -3.20. The highest BCUT2D eigenvalue weighted by Gasteiger charge is 2.29. The Kier molecular flexibility index (Phi) is 8.74. The van der Waals surface area contributed by atoms with Crippen LogP contribution >= 0.6 is 0 Å². The Labute approximate surface area is 214 Å². The third-order valence-corrected chi connectivity index (χ3v) is 7.25. The van der Waals surface area contributed by atoms with E-state index in [-0.39, 0.29) is 18.0 Å². The first-order chi connectivity index (χ1) is 17.4. The van der Waals surface area contributed by atoms with E-state index in [0.29, 0.717) is 37.1 Å². The molecule has 0 radical (unpaired) electrons. The number of benzene rings is 1. The lowest BCUT2D eigenvalue weighted by Gasteiger charge is -2.39. The lowest BCUT2D eigenvalue weighted by Crippen LogP contribution is -2.57. The zero-order valence-corrected chi connectivity index (χ0v) is 21.8. The van der Waals surface area contributed by atoms with Gasteiger partial charge < -0.3 is 20.0 Å². The Morgan fingerprint density at radius 2 is 1.72 bits per heavy atom. The van der Waals surface area contributed by atoms with E-state index in [0.717, 1.165) is 32.6 Å². The SMILES string of the molecule is C[C@@H]1CN(c2ncc(C(=O)N(C)C)cn2)CCN1C(=O)NCCC1CCN(Cc2ccccc2)CC1. The molecule has 9 heteroatoms. The van der Waals surface area contributed by atoms with Crippen molar-refractivity contribution in [2.24, 2.45) is 5.92 Å². The van der Waals surface area contributed by atoms with Crippen LogP contribution < -0.4 is 10.2 Å². The smallest absolute Gasteiger partial charge is 0.317 e. The van der Waals surface area contributed by atoms with Gasteiger partial charge in [0, 0.05) is 65.3 Å². The number of carbonyl (C=O) groups is 2. The molecule has 2 saturated heterocycles. The molecule has 2 aliphatic heterocycles. The standard InChI is InChI=1S/C27H39N7O2/c1-21-19-33(26-29-17-24(18-30-26)25(35)31(2)3)15-16-34(21)27(36)28-12-9-22-10-13-32(14-11-22)20-23-7-5-4-6-8-23/h4-8,17-18,21-22H,9-16,19-20H2,1-3H3,(H,28,36)/t21-/m1/s1. The largest absolute Gasteiger partial charge is 0.345 e. The number of amides is 3. The predicted octanol–water partition coefficient (Wildman–Crippen LogP) is 2.70. The van der Waals surface area contributed by atoms with E-state index in [1.165, 1.54) is 23.3 Å². The maximum Gasteiger partial charge on any atom is 0.317 e. The molecule has 36 heavy (non-hydrogen) atoms. The third kappa shape index (κ3) is 6.72. The number of piperidine rings is 1. The second kappa shape index (κ2) is 12.2. The van der Waals surface area contributed by atoms with Crippen molar-refractivity contribution in [2.75, 3.05) is 58.3 Å². The van der Waals surface area contributed by atoms with Crippen LogP contribution in [0.15, 0.2) is 42.7 Å². The summed E-state index contributed by atoms with van der Waals surface area (Å²) in [7, 11) is 3.41. The normalized spacial score (nSPS) is 19.2. The topological polar surface area (TPSA) is 84.9 Å². The summed E-state index contributed by atoms with van der Waals surface area (Å²) in [5, 5.41) is 3.15. The second-order valence-electron chi connectivity index (χ2n) is 10.2. The number of likely N-dealkylation sites (tertiary alicyclic amines) is 1. The fourth-order valence-electron chi connectivity index (χ4n) is 5.05. The first kappa shape index (κ1) is 25.9. The van der Waals surface area contributed by atoms with Crippen LogP contribution in [0.1, 0.15) is 42.1 Å². The molecule has 194 valence electrons. The molecule has 4 rings (SSSR count). The van der Waals surface area contributed by atoms with E-state index in [4.69, 9.17) is 0 Å². The highest BCUT2D eigenvalue weighted by molar-refractivity contribution is 5.93. The van der Waals surface area contributed by atoms with Gasteiger partial charge in [0.25, 0.3) is 5.91 Å². The number of carbonyl (C=O) groups excluding carboxylic acids is 2. The predicted molar refractivity (Wildman–Crippen MR) is 141 cm³/mol. The Morgan fingerprint density at radius 3 is 2.36 bits per heavy atom. The maximum atomic E-state index is 12.8. The number of hydrogen-bond donors (Lipinski definition) is 1. The minimum atomic E-state index is -0.117. The molecule has 1 N–H and O–H groups in total. The second-order valence-corrected chi connectivity index (χ2v) is 10.2. The molecule has 0 unspecified atom stereocenters. The molecule has 0 aliphatic carbocycles. The highest BCUT2D eigenvalue weighted by Crippen LogP contribution is 2.22. The summed E-state index contributed by atoms with van der Waals surface area (Å²) in [5.74, 6) is 1.15. The van der Waals surface area contributed by atoms with Crippen LogP contribution in [0, 0.1) is 5.92 Å². The molecule has 9 nitrogen and oxygen atoms in total. The van der Waals surface area contributed by atoms with Crippen molar-refractivity contribution in [1.82, 2.24) is 30.0 Å². The number of aromatic nitrogens is 2. The summed E-state index contributed by atoms with van der Waals surface area (Å²) in [6.07, 6.45) is 6.56. The van der Waals surface area contributed by atoms with Crippen molar-refractivity contribution in [3.63, 3.8) is 0 Å². The first-order valence-electron chi connectivity index (χ1n) is 13.0. The van der Waals surface area contributed by atoms with Crippen LogP contribution in [0.2, 0.25) is 0 Å². The molecule has 3 amide bonds. The van der Waals surface area contributed by atoms with E-state index >= 15 is 0 Å². The number of rotatable bonds is 7. The molecule has 3 heterocycles. The lowest BCUT2D eigenvalue weighted by molar-refractivity contribution is 0.0826. The van der Waals surface area contributed by atoms with Crippen molar-refractivity contribution in [2.45, 2.75) is 38.8 Å². The first-order valence-corrected chi connectivity index (χ1v) is 13.0. The monoisotopic (exact) mass is 493 g/mol. The van der Waals surface area contributed by atoms with Gasteiger partial charge in [-0.3, -0.25) is 9.69 Å². The number of anilines is 1. The van der Waals surface area contributed by atoms with E-state index in [9.17, 15) is 9.59 Å². The molecule has 1 atom stereocenters. The van der Waals surface area contributed by atoms with Crippen molar-refractivity contribution in [1.29, 1.82) is 0 Å². The van der Waals surface area contributed by atoms with Crippen molar-refractivity contribution in [3.8, 4) is 0 Å². The summed E-state index contributed by atoms with van der Waals surface area (Å²) in [5.41, 5.74) is 1.84. The van der Waals surface area contributed by atoms with Crippen LogP contribution in [0.5, 0.6) is 0 Å². The molecule has 0 bridgehead atoms. The summed E-state index contributed by atoms with van der Waals surface area (Å²) >= 11 is 0. The minimum absolute atomic E-state index is 0.0107.